The van der Waals surface area contributed by atoms with E-state index >= 15 is 0 Å². The predicted octanol–water partition coefficient (Wildman–Crippen LogP) is 1.25. The smallest absolute Gasteiger partial charge is 0.598 e. The van der Waals surface area contributed by atoms with Crippen LogP contribution in [0.1, 0.15) is 34.1 Å². The molecule has 0 fully saturated rings. The van der Waals surface area contributed by atoms with E-state index in [1.807, 2.05) is 0 Å². The van der Waals surface area contributed by atoms with Crippen LogP contribution in [0.3, 0.4) is 0 Å². The van der Waals surface area contributed by atoms with Crippen LogP contribution in [0.2, 0.25) is 0 Å². The van der Waals surface area contributed by atoms with Crippen molar-refractivity contribution in [2.45, 2.75) is 34.1 Å². The van der Waals surface area contributed by atoms with Crippen molar-refractivity contribution in [1.29, 1.82) is 0 Å². The van der Waals surface area contributed by atoms with Gasteiger partial charge in [-0.1, -0.05) is 38.7 Å². The van der Waals surface area contributed by atoms with E-state index in [-0.39, 0.29) is 17.1 Å². The molecule has 0 amide bonds. The Hall–Kier alpha value is 0.539. The van der Waals surface area contributed by atoms with Gasteiger partial charge in [-0.3, -0.25) is 0 Å². The zero-order valence-electron chi connectivity index (χ0n) is 8.54. The van der Waals surface area contributed by atoms with Crippen LogP contribution in [0.15, 0.2) is 0 Å². The molecule has 0 heterocycles. The summed E-state index contributed by atoms with van der Waals surface area (Å²) in [5, 5.41) is 0. The Labute approximate surface area is 92.4 Å². The van der Waals surface area contributed by atoms with Gasteiger partial charge in [0.1, 0.15) is 0 Å². The fraction of sp³-hybridized carbons (Fsp3) is 0.875. The Kier molecular flexibility index (Phi) is 13.4. The van der Waals surface area contributed by atoms with Crippen LogP contribution >= 0.6 is 8.25 Å². The molecule has 0 aliphatic rings. The maximum Gasteiger partial charge on any atom is 3.00 e. The standard InChI is InChI=1S/C8H17.Mn.HO3P/c1-7(2)6-8(3,4)5;;1-4(2)3/h7H,1,6H2,2-5H3;;(H,1,2,3)/q-1;+3;/p-1. The van der Waals surface area contributed by atoms with Gasteiger partial charge in [-0.15, -0.1) is 0 Å². The Morgan fingerprint density at radius 1 is 1.38 bits per heavy atom. The molecule has 0 bridgehead atoms. The van der Waals surface area contributed by atoms with E-state index in [0.717, 1.165) is 0 Å². The topological polar surface area (TPSA) is 63.2 Å². The molecule has 0 aromatic heterocycles. The van der Waals surface area contributed by atoms with Gasteiger partial charge >= 0.3 is 17.1 Å². The predicted molar refractivity (Wildman–Crippen MR) is 46.2 cm³/mol. The third kappa shape index (κ3) is 45.4. The number of rotatable bonds is 1. The minimum Gasteiger partial charge on any atom is -0.598 e. The summed E-state index contributed by atoms with van der Waals surface area (Å²) in [6, 6.07) is 0. The van der Waals surface area contributed by atoms with Crippen LogP contribution in [0.25, 0.3) is 0 Å². The van der Waals surface area contributed by atoms with E-state index in [2.05, 4.69) is 34.6 Å². The summed E-state index contributed by atoms with van der Waals surface area (Å²) in [6.07, 6.45) is 1.22. The van der Waals surface area contributed by atoms with E-state index < -0.39 is 8.25 Å². The van der Waals surface area contributed by atoms with Crippen LogP contribution < -0.4 is 9.79 Å². The van der Waals surface area contributed by atoms with Gasteiger partial charge in [-0.05, 0) is 5.41 Å². The average Bonchev–Trinajstić information content (AvgIpc) is 1.52. The van der Waals surface area contributed by atoms with Gasteiger partial charge in [0.25, 0.3) is 8.25 Å². The van der Waals surface area contributed by atoms with Gasteiger partial charge in [0.2, 0.25) is 0 Å². The zero-order valence-corrected chi connectivity index (χ0v) is 10.6. The van der Waals surface area contributed by atoms with Crippen molar-refractivity contribution in [3.05, 3.63) is 6.92 Å². The normalized spacial score (nSPS) is 11.9. The molecule has 0 aromatic carbocycles. The van der Waals surface area contributed by atoms with E-state index in [1.54, 1.807) is 0 Å². The quantitative estimate of drug-likeness (QED) is 0.398. The second-order valence-electron chi connectivity index (χ2n) is 4.09. The van der Waals surface area contributed by atoms with Crippen molar-refractivity contribution >= 4 is 8.25 Å². The molecule has 0 spiro atoms. The maximum absolute atomic E-state index is 8.48. The average molecular weight is 247 g/mol. The van der Waals surface area contributed by atoms with Gasteiger partial charge in [-0.25, -0.2) is 0 Å². The van der Waals surface area contributed by atoms with Gasteiger partial charge in [0.15, 0.2) is 0 Å². The Balaban J connectivity index is -0.000000173. The zero-order chi connectivity index (χ0) is 10.4. The molecule has 0 radical (unpaired) electrons. The second kappa shape index (κ2) is 9.11. The largest absolute Gasteiger partial charge is 3.00 e. The minimum absolute atomic E-state index is 0. The molecule has 13 heavy (non-hydrogen) atoms. The number of hydrogen-bond donors (Lipinski definition) is 0. The first kappa shape index (κ1) is 19.2. The molecule has 0 saturated heterocycles. The SMILES string of the molecule is O=[P+]([O-])[O-].[CH2-]C(C)CC(C)(C)C.[Mn+3]. The van der Waals surface area contributed by atoms with Crippen molar-refractivity contribution < 1.29 is 31.4 Å². The summed E-state index contributed by atoms with van der Waals surface area (Å²) >= 11 is 0. The van der Waals surface area contributed by atoms with Gasteiger partial charge in [0.05, 0.1) is 0 Å². The first-order valence-corrected chi connectivity index (χ1v) is 4.89. The Morgan fingerprint density at radius 3 is 1.62 bits per heavy atom. The van der Waals surface area contributed by atoms with Crippen LogP contribution in [-0.4, -0.2) is 0 Å². The van der Waals surface area contributed by atoms with Crippen molar-refractivity contribution in [3.63, 3.8) is 0 Å². The van der Waals surface area contributed by atoms with E-state index in [9.17, 15) is 0 Å². The van der Waals surface area contributed by atoms with Gasteiger partial charge in [-0.2, -0.15) is 5.92 Å². The molecule has 3 nitrogen and oxygen atoms in total. The molecule has 5 heteroatoms. The van der Waals surface area contributed by atoms with Crippen molar-refractivity contribution in [1.82, 2.24) is 0 Å². The van der Waals surface area contributed by atoms with Crippen LogP contribution in [0.4, 0.5) is 0 Å². The van der Waals surface area contributed by atoms with E-state index in [1.165, 1.54) is 6.42 Å². The summed E-state index contributed by atoms with van der Waals surface area (Å²) in [6.45, 7) is 12.8. The first-order chi connectivity index (χ1) is 5.15. The molecule has 0 aliphatic carbocycles. The van der Waals surface area contributed by atoms with E-state index in [0.29, 0.717) is 11.3 Å². The molecule has 1 atom stereocenters. The van der Waals surface area contributed by atoms with Crippen LogP contribution in [0, 0.1) is 18.3 Å². The monoisotopic (exact) mass is 247 g/mol. The van der Waals surface area contributed by atoms with Crippen LogP contribution in [-0.2, 0) is 21.6 Å². The fourth-order valence-corrected chi connectivity index (χ4v) is 1.05. The Morgan fingerprint density at radius 2 is 1.62 bits per heavy atom. The molecule has 0 N–H and O–H groups in total. The summed E-state index contributed by atoms with van der Waals surface area (Å²) < 4.78 is 8.48. The Bertz CT molecular complexity index is 128. The summed E-state index contributed by atoms with van der Waals surface area (Å²) in [7, 11) is -3.37. The first-order valence-electron chi connectivity index (χ1n) is 3.80. The summed E-state index contributed by atoms with van der Waals surface area (Å²) in [5.74, 6) is 0.593. The third-order valence-corrected chi connectivity index (χ3v) is 0.961. The van der Waals surface area contributed by atoms with Crippen molar-refractivity contribution in [2.75, 3.05) is 0 Å². The molecule has 0 aliphatic heterocycles. The maximum atomic E-state index is 8.48. The molecule has 0 saturated carbocycles. The number of hydrogen-bond acceptors (Lipinski definition) is 3. The third-order valence-electron chi connectivity index (χ3n) is 0.961. The minimum atomic E-state index is -3.37. The fourth-order valence-electron chi connectivity index (χ4n) is 1.05. The van der Waals surface area contributed by atoms with E-state index in [4.69, 9.17) is 14.4 Å². The van der Waals surface area contributed by atoms with Gasteiger partial charge < -0.3 is 16.7 Å². The van der Waals surface area contributed by atoms with Crippen molar-refractivity contribution in [2.24, 2.45) is 11.3 Å². The van der Waals surface area contributed by atoms with Crippen molar-refractivity contribution in [3.8, 4) is 0 Å². The molecule has 0 aromatic rings. The summed E-state index contributed by atoms with van der Waals surface area (Å²) in [5.41, 5.74) is 0.459. The molecular weight excluding hydrogens is 230 g/mol. The van der Waals surface area contributed by atoms with Gasteiger partial charge in [0, 0.05) is 0 Å². The molecule has 0 rings (SSSR count). The molecular formula is C8H17MnO3P+. The summed E-state index contributed by atoms with van der Waals surface area (Å²) in [4.78, 5) is 17.0. The molecule has 78 valence electrons. The molecule has 1 unspecified atom stereocenters. The van der Waals surface area contributed by atoms with Crippen LogP contribution in [0.5, 0.6) is 0 Å². The second-order valence-corrected chi connectivity index (χ2v) is 4.54.